The number of hydrogen-bond donors (Lipinski definition) is 0. The Balaban J connectivity index is 1.42. The van der Waals surface area contributed by atoms with Crippen molar-refractivity contribution in [1.29, 1.82) is 0 Å². The van der Waals surface area contributed by atoms with E-state index in [4.69, 9.17) is 4.42 Å². The molecule has 0 bridgehead atoms. The molecule has 4 rings (SSSR count). The molecular formula is C22H32N2O3. The molecule has 1 saturated carbocycles. The Kier molecular flexibility index (Phi) is 4.81. The van der Waals surface area contributed by atoms with E-state index >= 15 is 0 Å². The van der Waals surface area contributed by atoms with Gasteiger partial charge < -0.3 is 14.2 Å². The second-order valence-electron chi connectivity index (χ2n) is 9.02. The van der Waals surface area contributed by atoms with Gasteiger partial charge in [-0.15, -0.1) is 0 Å². The van der Waals surface area contributed by atoms with E-state index < -0.39 is 0 Å². The highest BCUT2D eigenvalue weighted by Gasteiger charge is 2.50. The lowest BCUT2D eigenvalue weighted by molar-refractivity contribution is -0.132. The number of rotatable bonds is 4. The number of amides is 2. The molecule has 0 aromatic carbocycles. The molecule has 0 N–H and O–H groups in total. The lowest BCUT2D eigenvalue weighted by Crippen LogP contribution is -2.50. The molecule has 1 aliphatic carbocycles. The predicted octanol–water partition coefficient (Wildman–Crippen LogP) is 3.93. The first kappa shape index (κ1) is 18.6. The first-order valence-electron chi connectivity index (χ1n) is 10.6. The van der Waals surface area contributed by atoms with E-state index in [9.17, 15) is 9.59 Å². The van der Waals surface area contributed by atoms with Crippen LogP contribution in [0, 0.1) is 25.7 Å². The van der Waals surface area contributed by atoms with Crippen LogP contribution in [0.3, 0.4) is 0 Å². The minimum absolute atomic E-state index is 0.0790. The molecule has 1 aromatic rings. The molecule has 27 heavy (non-hydrogen) atoms. The number of aryl methyl sites for hydroxylation is 2. The van der Waals surface area contributed by atoms with Crippen molar-refractivity contribution in [1.82, 2.24) is 9.80 Å². The van der Waals surface area contributed by atoms with Gasteiger partial charge in [0.1, 0.15) is 5.76 Å². The molecular weight excluding hydrogens is 340 g/mol. The lowest BCUT2D eigenvalue weighted by atomic mass is 9.72. The molecule has 3 heterocycles. The molecule has 0 radical (unpaired) electrons. The molecule has 1 atom stereocenters. The van der Waals surface area contributed by atoms with E-state index in [0.717, 1.165) is 43.8 Å². The molecule has 1 aromatic heterocycles. The van der Waals surface area contributed by atoms with Crippen LogP contribution < -0.4 is 0 Å². The fourth-order valence-electron chi connectivity index (χ4n) is 5.53. The van der Waals surface area contributed by atoms with Gasteiger partial charge >= 0.3 is 0 Å². The maximum Gasteiger partial charge on any atom is 0.258 e. The third kappa shape index (κ3) is 3.19. The number of furan rings is 1. The first-order valence-corrected chi connectivity index (χ1v) is 10.6. The summed E-state index contributed by atoms with van der Waals surface area (Å²) in [6.45, 7) is 8.30. The SMILES string of the molecule is CCC1CC(CC(=O)N2CCC3(CCCN3C(=O)c3c(C)coc3C)C2)C1. The van der Waals surface area contributed by atoms with E-state index in [1.54, 1.807) is 6.26 Å². The van der Waals surface area contributed by atoms with Gasteiger partial charge in [0.05, 0.1) is 17.4 Å². The zero-order valence-corrected chi connectivity index (χ0v) is 16.9. The molecule has 2 saturated heterocycles. The Morgan fingerprint density at radius 1 is 1.19 bits per heavy atom. The maximum absolute atomic E-state index is 13.3. The minimum Gasteiger partial charge on any atom is -0.469 e. The van der Waals surface area contributed by atoms with Crippen LogP contribution in [0.25, 0.3) is 0 Å². The van der Waals surface area contributed by atoms with Gasteiger partial charge in [0.25, 0.3) is 5.91 Å². The zero-order valence-electron chi connectivity index (χ0n) is 16.9. The summed E-state index contributed by atoms with van der Waals surface area (Å²) in [7, 11) is 0. The highest BCUT2D eigenvalue weighted by Crippen LogP contribution is 2.41. The van der Waals surface area contributed by atoms with Crippen LogP contribution in [0.15, 0.2) is 10.7 Å². The van der Waals surface area contributed by atoms with Gasteiger partial charge in [-0.05, 0) is 57.8 Å². The van der Waals surface area contributed by atoms with Crippen LogP contribution in [0.5, 0.6) is 0 Å². The Labute approximate surface area is 162 Å². The fraction of sp³-hybridized carbons (Fsp3) is 0.727. The smallest absolute Gasteiger partial charge is 0.258 e. The summed E-state index contributed by atoms with van der Waals surface area (Å²) in [5.41, 5.74) is 1.44. The molecule has 2 amide bonds. The molecule has 5 nitrogen and oxygen atoms in total. The maximum atomic E-state index is 13.3. The van der Waals surface area contributed by atoms with Crippen LogP contribution in [-0.4, -0.2) is 46.8 Å². The summed E-state index contributed by atoms with van der Waals surface area (Å²) in [5.74, 6) is 2.48. The van der Waals surface area contributed by atoms with E-state index in [1.165, 1.54) is 19.3 Å². The number of carbonyl (C=O) groups is 2. The van der Waals surface area contributed by atoms with Crippen molar-refractivity contribution in [3.05, 3.63) is 23.2 Å². The van der Waals surface area contributed by atoms with Gasteiger partial charge in [0, 0.05) is 31.6 Å². The van der Waals surface area contributed by atoms with Crippen LogP contribution in [0.2, 0.25) is 0 Å². The lowest BCUT2D eigenvalue weighted by Gasteiger charge is -2.37. The van der Waals surface area contributed by atoms with Gasteiger partial charge in [0.15, 0.2) is 0 Å². The van der Waals surface area contributed by atoms with Crippen LogP contribution in [0.1, 0.15) is 73.6 Å². The van der Waals surface area contributed by atoms with E-state index in [-0.39, 0.29) is 11.4 Å². The van der Waals surface area contributed by atoms with Gasteiger partial charge in [-0.2, -0.15) is 0 Å². The van der Waals surface area contributed by atoms with Crippen molar-refractivity contribution < 1.29 is 14.0 Å². The van der Waals surface area contributed by atoms with E-state index in [0.29, 0.717) is 36.1 Å². The summed E-state index contributed by atoms with van der Waals surface area (Å²) >= 11 is 0. The quantitative estimate of drug-likeness (QED) is 0.805. The third-order valence-corrected chi connectivity index (χ3v) is 7.27. The van der Waals surface area contributed by atoms with Crippen molar-refractivity contribution in [2.24, 2.45) is 11.8 Å². The molecule has 148 valence electrons. The molecule has 3 fully saturated rings. The summed E-state index contributed by atoms with van der Waals surface area (Å²) in [6.07, 6.45) is 8.95. The number of nitrogens with zero attached hydrogens (tertiary/aromatic N) is 2. The average molecular weight is 373 g/mol. The molecule has 3 aliphatic rings. The van der Waals surface area contributed by atoms with Crippen molar-refractivity contribution in [2.45, 2.75) is 71.3 Å². The van der Waals surface area contributed by atoms with Crippen LogP contribution in [-0.2, 0) is 4.79 Å². The van der Waals surface area contributed by atoms with Crippen molar-refractivity contribution in [3.63, 3.8) is 0 Å². The van der Waals surface area contributed by atoms with Gasteiger partial charge in [0.2, 0.25) is 5.91 Å². The Morgan fingerprint density at radius 2 is 1.96 bits per heavy atom. The second-order valence-corrected chi connectivity index (χ2v) is 9.02. The predicted molar refractivity (Wildman–Crippen MR) is 104 cm³/mol. The number of hydrogen-bond acceptors (Lipinski definition) is 3. The summed E-state index contributed by atoms with van der Waals surface area (Å²) in [5, 5.41) is 0. The monoisotopic (exact) mass is 372 g/mol. The van der Waals surface area contributed by atoms with Gasteiger partial charge in [-0.1, -0.05) is 13.3 Å². The molecule has 2 aliphatic heterocycles. The summed E-state index contributed by atoms with van der Waals surface area (Å²) in [6, 6.07) is 0. The normalized spacial score (nSPS) is 30.2. The van der Waals surface area contributed by atoms with Crippen molar-refractivity contribution >= 4 is 11.8 Å². The highest BCUT2D eigenvalue weighted by molar-refractivity contribution is 5.97. The average Bonchev–Trinajstić information content (AvgIpc) is 3.31. The summed E-state index contributed by atoms with van der Waals surface area (Å²) in [4.78, 5) is 30.1. The van der Waals surface area contributed by atoms with Crippen molar-refractivity contribution in [2.75, 3.05) is 19.6 Å². The fourth-order valence-corrected chi connectivity index (χ4v) is 5.53. The topological polar surface area (TPSA) is 53.8 Å². The Bertz CT molecular complexity index is 714. The zero-order chi connectivity index (χ0) is 19.2. The number of carbonyl (C=O) groups excluding carboxylic acids is 2. The highest BCUT2D eigenvalue weighted by atomic mass is 16.3. The second kappa shape index (κ2) is 6.99. The molecule has 5 heteroatoms. The third-order valence-electron chi connectivity index (χ3n) is 7.27. The van der Waals surface area contributed by atoms with E-state index in [2.05, 4.69) is 6.92 Å². The minimum atomic E-state index is -0.172. The van der Waals surface area contributed by atoms with E-state index in [1.807, 2.05) is 23.6 Å². The van der Waals surface area contributed by atoms with Gasteiger partial charge in [-0.3, -0.25) is 9.59 Å². The van der Waals surface area contributed by atoms with Crippen molar-refractivity contribution in [3.8, 4) is 0 Å². The Morgan fingerprint density at radius 3 is 2.63 bits per heavy atom. The molecule has 1 spiro atoms. The largest absolute Gasteiger partial charge is 0.469 e. The van der Waals surface area contributed by atoms with Crippen LogP contribution in [0.4, 0.5) is 0 Å². The van der Waals surface area contributed by atoms with Crippen LogP contribution >= 0.6 is 0 Å². The molecule has 1 unspecified atom stereocenters. The number of likely N-dealkylation sites (tertiary alicyclic amines) is 2. The standard InChI is InChI=1S/C22H32N2O3/c1-4-17-10-18(11-17)12-19(25)23-9-7-22(14-23)6-5-8-24(22)21(26)20-15(2)13-27-16(20)3/h13,17-18H,4-12,14H2,1-3H3. The first-order chi connectivity index (χ1) is 12.9. The Hall–Kier alpha value is -1.78. The summed E-state index contributed by atoms with van der Waals surface area (Å²) < 4.78 is 5.45. The van der Waals surface area contributed by atoms with Gasteiger partial charge in [-0.25, -0.2) is 0 Å².